The normalized spacial score (nSPS) is 33.6. The van der Waals surface area contributed by atoms with Crippen molar-refractivity contribution in [3.05, 3.63) is 23.9 Å². The summed E-state index contributed by atoms with van der Waals surface area (Å²) in [4.78, 5) is 49.9. The Kier molecular flexibility index (Phi) is 8.24. The van der Waals surface area contributed by atoms with Gasteiger partial charge in [-0.05, 0) is 48.6 Å². The number of carbonyl (C=O) groups is 3. The first-order valence-corrected chi connectivity index (χ1v) is 15.8. The average molecular weight is 630 g/mol. The summed E-state index contributed by atoms with van der Waals surface area (Å²) in [5.41, 5.74) is -0.694. The van der Waals surface area contributed by atoms with E-state index in [9.17, 15) is 14.4 Å². The van der Waals surface area contributed by atoms with E-state index < -0.39 is 65.4 Å². The van der Waals surface area contributed by atoms with E-state index in [4.69, 9.17) is 18.9 Å². The maximum absolute atomic E-state index is 16.0. The van der Waals surface area contributed by atoms with Crippen LogP contribution in [0.1, 0.15) is 65.5 Å². The Morgan fingerprint density at radius 3 is 2.58 bits per heavy atom. The molecule has 3 fully saturated rings. The van der Waals surface area contributed by atoms with E-state index in [0.717, 1.165) is 6.42 Å². The molecular weight excluding hydrogens is 588 g/mol. The van der Waals surface area contributed by atoms with Crippen LogP contribution in [0.15, 0.2) is 18.2 Å². The van der Waals surface area contributed by atoms with Gasteiger partial charge < -0.3 is 28.6 Å². The van der Waals surface area contributed by atoms with Crippen LogP contribution < -0.4 is 9.47 Å². The fraction of sp³-hybridized carbons (Fsp3) is 0.667. The standard InChI is InChI=1S/C33H41F2N3O7/c1-17-24(16-39)38-15-26(17)45-30-29(36-22-8-7-19(42-5)13-23(22)37-30)33(34,35)9-6-10-43-28-20-11-18(20)12-25(28)44-27(40)14-21(31(38)41)32(2,3)4/h7-8,13,16-18,20-21,24-26,28H,6,9-12,14-15H2,1-5H3/t17-,18?,20?,21+,24+,25+,26-,28+/m0/s1. The smallest absolute Gasteiger partial charge is 0.306 e. The van der Waals surface area contributed by atoms with E-state index >= 15 is 8.78 Å². The van der Waals surface area contributed by atoms with Crippen LogP contribution in [-0.2, 0) is 29.8 Å². The summed E-state index contributed by atoms with van der Waals surface area (Å²) in [6.45, 7) is 7.34. The van der Waals surface area contributed by atoms with Gasteiger partial charge in [0.15, 0.2) is 5.69 Å². The van der Waals surface area contributed by atoms with Crippen molar-refractivity contribution in [3.8, 4) is 11.6 Å². The maximum atomic E-state index is 16.0. The quantitative estimate of drug-likeness (QED) is 0.344. The Hall–Kier alpha value is -3.41. The number of benzene rings is 1. The van der Waals surface area contributed by atoms with Crippen LogP contribution in [0.4, 0.5) is 8.78 Å². The number of alkyl halides is 2. The highest BCUT2D eigenvalue weighted by molar-refractivity contribution is 5.87. The summed E-state index contributed by atoms with van der Waals surface area (Å²) in [6, 6.07) is 3.88. The first-order valence-electron chi connectivity index (χ1n) is 15.8. The van der Waals surface area contributed by atoms with Crippen LogP contribution in [0.25, 0.3) is 11.0 Å². The van der Waals surface area contributed by atoms with E-state index in [1.54, 1.807) is 25.1 Å². The molecule has 2 aromatic rings. The molecule has 8 atom stereocenters. The Morgan fingerprint density at radius 1 is 1.09 bits per heavy atom. The lowest BCUT2D eigenvalue weighted by atomic mass is 9.77. The number of amides is 1. The number of rotatable bonds is 2. The molecule has 0 radical (unpaired) electrons. The second-order valence-corrected chi connectivity index (χ2v) is 14.1. The topological polar surface area (TPSA) is 117 Å². The zero-order chi connectivity index (χ0) is 32.3. The molecule has 6 rings (SSSR count). The zero-order valence-electron chi connectivity index (χ0n) is 26.3. The van der Waals surface area contributed by atoms with Crippen molar-refractivity contribution >= 4 is 29.2 Å². The Labute approximate surface area is 261 Å². The van der Waals surface area contributed by atoms with Gasteiger partial charge in [-0.2, -0.15) is 8.78 Å². The third-order valence-electron chi connectivity index (χ3n) is 9.98. The van der Waals surface area contributed by atoms with Gasteiger partial charge in [-0.1, -0.05) is 27.7 Å². The van der Waals surface area contributed by atoms with Crippen molar-refractivity contribution in [3.63, 3.8) is 0 Å². The number of ether oxygens (including phenoxy) is 4. The van der Waals surface area contributed by atoms with Gasteiger partial charge in [0, 0.05) is 25.0 Å². The molecule has 1 saturated heterocycles. The molecule has 244 valence electrons. The van der Waals surface area contributed by atoms with Crippen LogP contribution in [-0.4, -0.2) is 77.6 Å². The average Bonchev–Trinajstić information content (AvgIpc) is 3.56. The predicted molar refractivity (Wildman–Crippen MR) is 158 cm³/mol. The maximum Gasteiger partial charge on any atom is 0.306 e. The molecule has 1 aromatic carbocycles. The number of hydrogen-bond acceptors (Lipinski definition) is 9. The molecular formula is C33H41F2N3O7. The number of aromatic nitrogens is 2. The molecule has 2 saturated carbocycles. The molecule has 1 aromatic heterocycles. The van der Waals surface area contributed by atoms with Gasteiger partial charge in [-0.15, -0.1) is 0 Å². The van der Waals surface area contributed by atoms with Crippen molar-refractivity contribution in [2.75, 3.05) is 20.3 Å². The van der Waals surface area contributed by atoms with Gasteiger partial charge in [-0.3, -0.25) is 9.59 Å². The molecule has 3 heterocycles. The van der Waals surface area contributed by atoms with Crippen molar-refractivity contribution < 1.29 is 42.1 Å². The highest BCUT2D eigenvalue weighted by Crippen LogP contribution is 2.54. The molecule has 12 heteroatoms. The van der Waals surface area contributed by atoms with Crippen LogP contribution in [0.5, 0.6) is 11.6 Å². The molecule has 0 N–H and O–H groups in total. The molecule has 1 amide bonds. The first-order chi connectivity index (χ1) is 21.3. The number of esters is 1. The largest absolute Gasteiger partial charge is 0.497 e. The zero-order valence-corrected chi connectivity index (χ0v) is 26.3. The van der Waals surface area contributed by atoms with Crippen molar-refractivity contribution in [1.82, 2.24) is 14.9 Å². The monoisotopic (exact) mass is 629 g/mol. The lowest BCUT2D eigenvalue weighted by Gasteiger charge is -2.34. The molecule has 2 aliphatic heterocycles. The van der Waals surface area contributed by atoms with Crippen LogP contribution in [0.2, 0.25) is 0 Å². The second-order valence-electron chi connectivity index (χ2n) is 14.1. The highest BCUT2D eigenvalue weighted by Gasteiger charge is 2.56. The summed E-state index contributed by atoms with van der Waals surface area (Å²) in [5, 5.41) is 0. The second kappa shape index (κ2) is 11.7. The van der Waals surface area contributed by atoms with E-state index in [-0.39, 0.29) is 49.4 Å². The van der Waals surface area contributed by atoms with E-state index in [2.05, 4.69) is 9.97 Å². The van der Waals surface area contributed by atoms with Crippen molar-refractivity contribution in [1.29, 1.82) is 0 Å². The summed E-state index contributed by atoms with van der Waals surface area (Å²) < 4.78 is 55.4. The van der Waals surface area contributed by atoms with Crippen LogP contribution in [0.3, 0.4) is 0 Å². The Morgan fingerprint density at radius 2 is 1.87 bits per heavy atom. The summed E-state index contributed by atoms with van der Waals surface area (Å²) in [7, 11) is 1.49. The van der Waals surface area contributed by atoms with Gasteiger partial charge in [0.25, 0.3) is 5.92 Å². The fourth-order valence-corrected chi connectivity index (χ4v) is 7.15. The Balaban J connectivity index is 1.39. The molecule has 2 aliphatic carbocycles. The minimum atomic E-state index is -3.42. The van der Waals surface area contributed by atoms with Crippen LogP contribution in [0, 0.1) is 29.1 Å². The number of carbonyl (C=O) groups excluding carboxylic acids is 3. The molecule has 0 spiro atoms. The van der Waals surface area contributed by atoms with Gasteiger partial charge in [0.2, 0.25) is 11.8 Å². The van der Waals surface area contributed by atoms with Gasteiger partial charge >= 0.3 is 5.97 Å². The number of halogens is 2. The summed E-state index contributed by atoms with van der Waals surface area (Å²) in [5.74, 6) is -4.94. The molecule has 2 bridgehead atoms. The third-order valence-corrected chi connectivity index (χ3v) is 9.98. The summed E-state index contributed by atoms with van der Waals surface area (Å²) in [6.07, 6.45) is -0.104. The number of nitrogens with zero attached hydrogens (tertiary/aromatic N) is 3. The minimum Gasteiger partial charge on any atom is -0.497 e. The van der Waals surface area contributed by atoms with Gasteiger partial charge in [-0.25, -0.2) is 9.97 Å². The van der Waals surface area contributed by atoms with E-state index in [1.165, 1.54) is 12.0 Å². The minimum absolute atomic E-state index is 0.0325. The van der Waals surface area contributed by atoms with Crippen molar-refractivity contribution in [2.45, 2.75) is 90.1 Å². The lowest BCUT2D eigenvalue weighted by Crippen LogP contribution is -2.46. The molecule has 4 aliphatic rings. The molecule has 45 heavy (non-hydrogen) atoms. The SMILES string of the molecule is COc1ccc2nc3c(nc2c1)O[C@H]1CN(C(=O)[C@H](C(C)(C)C)CC(=O)O[C@@H]2CC4CC4[C@H]2OCCCC3(F)F)[C@H](C=O)[C@@H]1C. The molecule has 10 nitrogen and oxygen atoms in total. The molecule has 2 unspecified atom stereocenters. The number of hydrogen-bond donors (Lipinski definition) is 0. The van der Waals surface area contributed by atoms with Gasteiger partial charge in [0.1, 0.15) is 24.2 Å². The number of methoxy groups -OCH3 is 1. The Bertz CT molecular complexity index is 1480. The highest BCUT2D eigenvalue weighted by atomic mass is 19.3. The lowest BCUT2D eigenvalue weighted by molar-refractivity contribution is -0.162. The first kappa shape index (κ1) is 31.6. The van der Waals surface area contributed by atoms with E-state index in [1.807, 2.05) is 20.8 Å². The summed E-state index contributed by atoms with van der Waals surface area (Å²) >= 11 is 0. The predicted octanol–water partition coefficient (Wildman–Crippen LogP) is 4.71. The van der Waals surface area contributed by atoms with Crippen molar-refractivity contribution in [2.24, 2.45) is 29.1 Å². The number of fused-ring (bicyclic) bond motifs is 7. The van der Waals surface area contributed by atoms with Gasteiger partial charge in [0.05, 0.1) is 49.2 Å². The van der Waals surface area contributed by atoms with Crippen LogP contribution >= 0.6 is 0 Å². The number of aldehydes is 1. The third kappa shape index (κ3) is 6.09. The fourth-order valence-electron chi connectivity index (χ4n) is 7.15. The van der Waals surface area contributed by atoms with E-state index in [0.29, 0.717) is 29.9 Å².